The van der Waals surface area contributed by atoms with Crippen LogP contribution in [-0.4, -0.2) is 34.9 Å². The van der Waals surface area contributed by atoms with Crippen molar-refractivity contribution in [3.8, 4) is 22.5 Å². The van der Waals surface area contributed by atoms with Crippen LogP contribution in [0.25, 0.3) is 28.2 Å². The molecule has 8 nitrogen and oxygen atoms in total. The van der Waals surface area contributed by atoms with Gasteiger partial charge in [0.1, 0.15) is 10.9 Å². The fourth-order valence-electron chi connectivity index (χ4n) is 7.36. The summed E-state index contributed by atoms with van der Waals surface area (Å²) in [7, 11) is 0. The van der Waals surface area contributed by atoms with Crippen molar-refractivity contribution in [3.05, 3.63) is 179 Å². The molecule has 0 aliphatic rings. The van der Waals surface area contributed by atoms with Crippen molar-refractivity contribution < 1.29 is 4.68 Å². The predicted molar refractivity (Wildman–Crippen MR) is 200 cm³/mol. The van der Waals surface area contributed by atoms with Crippen molar-refractivity contribution in [2.75, 3.05) is 0 Å². The van der Waals surface area contributed by atoms with Crippen molar-refractivity contribution in [1.29, 1.82) is 0 Å². The third-order valence-electron chi connectivity index (χ3n) is 9.69. The number of rotatable bonds is 12. The van der Waals surface area contributed by atoms with Gasteiger partial charge in [-0.2, -0.15) is 5.10 Å². The second-order valence-corrected chi connectivity index (χ2v) is 13.0. The highest BCUT2D eigenvalue weighted by Crippen LogP contribution is 2.38. The second kappa shape index (κ2) is 14.0. The van der Waals surface area contributed by atoms with Gasteiger partial charge < -0.3 is 4.57 Å². The topological polar surface area (TPSA) is 80.6 Å². The first-order valence-corrected chi connectivity index (χ1v) is 17.8. The lowest BCUT2D eigenvalue weighted by molar-refractivity contribution is -0.779. The van der Waals surface area contributed by atoms with Gasteiger partial charge in [0.25, 0.3) is 0 Å². The lowest BCUT2D eigenvalue weighted by Crippen LogP contribution is -2.61. The Morgan fingerprint density at radius 2 is 1.20 bits per heavy atom. The summed E-state index contributed by atoms with van der Waals surface area (Å²) in [5.41, 5.74) is 9.01. The van der Waals surface area contributed by atoms with Crippen LogP contribution in [0, 0.1) is 0 Å². The number of aromatic amines is 1. The van der Waals surface area contributed by atoms with Gasteiger partial charge in [0, 0.05) is 29.2 Å². The van der Waals surface area contributed by atoms with Gasteiger partial charge in [0.15, 0.2) is 16.4 Å². The van der Waals surface area contributed by atoms with Gasteiger partial charge >= 0.3 is 5.82 Å². The molecule has 0 fully saturated rings. The van der Waals surface area contributed by atoms with Gasteiger partial charge in [-0.15, -0.1) is 14.4 Å². The van der Waals surface area contributed by atoms with Crippen molar-refractivity contribution in [2.45, 2.75) is 51.6 Å². The Kier molecular flexibility index (Phi) is 8.80. The number of fused-ring (bicyclic) bond motifs is 1. The van der Waals surface area contributed by atoms with Crippen LogP contribution in [0.15, 0.2) is 146 Å². The van der Waals surface area contributed by atoms with Crippen molar-refractivity contribution in [3.63, 3.8) is 0 Å². The maximum Gasteiger partial charge on any atom is 0.334 e. The van der Waals surface area contributed by atoms with E-state index in [1.54, 1.807) is 0 Å². The average molecular weight is 670 g/mol. The van der Waals surface area contributed by atoms with Gasteiger partial charge in [-0.3, -0.25) is 0 Å². The molecule has 51 heavy (non-hydrogen) atoms. The molecule has 0 aliphatic heterocycles. The molecule has 8 heteroatoms. The number of tetrazole rings is 1. The Bertz CT molecular complexity index is 2260. The van der Waals surface area contributed by atoms with Crippen LogP contribution in [0.2, 0.25) is 0 Å². The van der Waals surface area contributed by atoms with Crippen LogP contribution in [0.3, 0.4) is 0 Å². The van der Waals surface area contributed by atoms with Gasteiger partial charge in [0.2, 0.25) is 0 Å². The molecule has 252 valence electrons. The summed E-state index contributed by atoms with van der Waals surface area (Å²) in [6, 6.07) is 51.3. The Morgan fingerprint density at radius 1 is 0.627 bits per heavy atom. The van der Waals surface area contributed by atoms with Gasteiger partial charge in [-0.05, 0) is 35.6 Å². The van der Waals surface area contributed by atoms with Crippen molar-refractivity contribution >= 4 is 5.65 Å². The fraction of sp³-hybridized carbons (Fsp3) is 0.186. The zero-order chi connectivity index (χ0) is 34.6. The van der Waals surface area contributed by atoms with E-state index < -0.39 is 5.54 Å². The molecule has 3 aromatic heterocycles. The third-order valence-corrected chi connectivity index (χ3v) is 9.69. The van der Waals surface area contributed by atoms with Gasteiger partial charge in [-0.1, -0.05) is 159 Å². The van der Waals surface area contributed by atoms with Gasteiger partial charge in [-0.25, -0.2) is 0 Å². The number of benzene rings is 5. The van der Waals surface area contributed by atoms with E-state index in [0.717, 1.165) is 88.6 Å². The maximum absolute atomic E-state index is 4.85. The van der Waals surface area contributed by atoms with Gasteiger partial charge in [0.05, 0.1) is 17.8 Å². The normalized spacial score (nSPS) is 11.7. The van der Waals surface area contributed by atoms with E-state index in [4.69, 9.17) is 15.3 Å². The number of hydrogen-bond donors (Lipinski definition) is 1. The Morgan fingerprint density at radius 3 is 1.78 bits per heavy atom. The number of nitrogens with zero attached hydrogens (tertiary/aromatic N) is 7. The molecule has 0 spiro atoms. The molecule has 0 bridgehead atoms. The van der Waals surface area contributed by atoms with E-state index in [0.29, 0.717) is 0 Å². The third kappa shape index (κ3) is 5.82. The van der Waals surface area contributed by atoms with Crippen LogP contribution in [-0.2, 0) is 24.9 Å². The van der Waals surface area contributed by atoms with E-state index in [1.165, 1.54) is 5.56 Å². The number of aryl methyl sites for hydroxylation is 2. The second-order valence-electron chi connectivity index (χ2n) is 13.0. The maximum atomic E-state index is 4.85. The highest BCUT2D eigenvalue weighted by atomic mass is 15.6. The monoisotopic (exact) mass is 669 g/mol. The predicted octanol–water partition coefficient (Wildman–Crippen LogP) is 8.06. The molecule has 0 radical (unpaired) electrons. The lowest BCUT2D eigenvalue weighted by atomic mass is 9.77. The number of nitrogens with one attached hydrogen (secondary N) is 1. The van der Waals surface area contributed by atoms with E-state index in [9.17, 15) is 0 Å². The molecule has 5 aromatic carbocycles. The SMILES string of the molecule is CCCc1cc2n(Cc3ccc(-c4ccccc4-c4nn[nH][n+]4C(c4ccccc4)(c4ccccc4)c4ccccc4)cc3)c(CCC)nn2n1. The first kappa shape index (κ1) is 32.1. The fourth-order valence-corrected chi connectivity index (χ4v) is 7.36. The smallest absolute Gasteiger partial charge is 0.307 e. The summed E-state index contributed by atoms with van der Waals surface area (Å²) in [6.45, 7) is 5.11. The van der Waals surface area contributed by atoms with E-state index in [-0.39, 0.29) is 0 Å². The zero-order valence-corrected chi connectivity index (χ0v) is 29.0. The van der Waals surface area contributed by atoms with Crippen LogP contribution >= 0.6 is 0 Å². The molecule has 0 saturated heterocycles. The summed E-state index contributed by atoms with van der Waals surface area (Å²) in [5.74, 6) is 1.80. The molecular formula is C43H41N8+. The molecule has 1 N–H and O–H groups in total. The first-order valence-electron chi connectivity index (χ1n) is 17.8. The Labute approximate surface area is 298 Å². The molecule has 0 aliphatic carbocycles. The minimum absolute atomic E-state index is 0.731. The van der Waals surface area contributed by atoms with Crippen LogP contribution in [0.5, 0.6) is 0 Å². The summed E-state index contributed by atoms with van der Waals surface area (Å²) in [6.07, 6.45) is 3.95. The van der Waals surface area contributed by atoms with E-state index >= 15 is 0 Å². The lowest BCUT2D eigenvalue weighted by Gasteiger charge is -2.33. The molecule has 0 atom stereocenters. The largest absolute Gasteiger partial charge is 0.334 e. The molecule has 3 heterocycles. The van der Waals surface area contributed by atoms with E-state index in [2.05, 4.69) is 179 Å². The first-order chi connectivity index (χ1) is 25.2. The minimum atomic E-state index is -0.781. The highest BCUT2D eigenvalue weighted by Gasteiger charge is 2.46. The Balaban J connectivity index is 1.22. The highest BCUT2D eigenvalue weighted by molar-refractivity contribution is 5.79. The Hall–Kier alpha value is -6.15. The van der Waals surface area contributed by atoms with Crippen LogP contribution in [0.4, 0.5) is 0 Å². The van der Waals surface area contributed by atoms with Crippen LogP contribution in [0.1, 0.15) is 60.5 Å². The minimum Gasteiger partial charge on any atom is -0.307 e. The number of H-pyrrole nitrogens is 1. The number of aromatic nitrogens is 8. The molecule has 0 saturated carbocycles. The molecule has 8 aromatic rings. The quantitative estimate of drug-likeness (QED) is 0.105. The number of hydrogen-bond acceptors (Lipinski definition) is 4. The van der Waals surface area contributed by atoms with Crippen LogP contribution < -0.4 is 4.68 Å². The standard InChI is InChI=1S/C43H40N8/c1-3-16-37-30-41-49(40(17-4-2)46-51(41)45-37)31-32-26-28-33(29-27-32)38-24-14-15-25-39(38)42-44-47-48-50(42)43(34-18-8-5-9-19-34,35-20-10-6-11-21-35)36-22-12-7-13-23-36/h5-15,18-30H,3-4,16-17,31H2,1-2H3/p+1. The summed E-state index contributed by atoms with van der Waals surface area (Å²) >= 11 is 0. The van der Waals surface area contributed by atoms with E-state index in [1.807, 2.05) is 4.63 Å². The summed E-state index contributed by atoms with van der Waals surface area (Å²) in [4.78, 5) is 0. The summed E-state index contributed by atoms with van der Waals surface area (Å²) in [5, 5.41) is 22.2. The zero-order valence-electron chi connectivity index (χ0n) is 29.0. The molecule has 0 amide bonds. The molecule has 8 rings (SSSR count). The molecule has 0 unspecified atom stereocenters. The van der Waals surface area contributed by atoms with Crippen molar-refractivity contribution in [1.82, 2.24) is 34.9 Å². The summed E-state index contributed by atoms with van der Waals surface area (Å²) < 4.78 is 6.25. The average Bonchev–Trinajstić information content (AvgIpc) is 3.91. The van der Waals surface area contributed by atoms with Crippen molar-refractivity contribution in [2.24, 2.45) is 0 Å². The molecular weight excluding hydrogens is 629 g/mol.